The summed E-state index contributed by atoms with van der Waals surface area (Å²) in [5, 5.41) is 8.19. The molecule has 40 valence electrons. The van der Waals surface area contributed by atoms with Crippen molar-refractivity contribution in [1.29, 1.82) is 0 Å². The minimum Gasteiger partial charge on any atom is -0.481 e. The lowest BCUT2D eigenvalue weighted by atomic mass is 10.5. The molecule has 0 aliphatic heterocycles. The van der Waals surface area contributed by atoms with E-state index < -0.39 is 5.97 Å². The molecule has 1 rings (SSSR count). The van der Waals surface area contributed by atoms with Gasteiger partial charge in [0.25, 0.3) is 0 Å². The van der Waals surface area contributed by atoms with Crippen LogP contribution >= 0.6 is 15.9 Å². The normalized spacial score (nSPS) is 37.9. The molecule has 0 radical (unpaired) electrons. The quantitative estimate of drug-likeness (QED) is 0.585. The molecule has 0 bridgehead atoms. The summed E-state index contributed by atoms with van der Waals surface area (Å²) in [6.07, 6.45) is 0.801. The molecule has 0 aromatic heterocycles. The third kappa shape index (κ3) is 0.938. The Labute approximate surface area is 49.7 Å². The number of carboxylic acids is 1. The second-order valence-electron chi connectivity index (χ2n) is 1.70. The predicted octanol–water partition coefficient (Wildman–Crippen LogP) is 0.854. The van der Waals surface area contributed by atoms with Crippen molar-refractivity contribution < 1.29 is 9.90 Å². The van der Waals surface area contributed by atoms with Gasteiger partial charge in [0.05, 0.1) is 5.92 Å². The van der Waals surface area contributed by atoms with E-state index in [1.807, 2.05) is 0 Å². The zero-order valence-corrected chi connectivity index (χ0v) is 5.18. The van der Waals surface area contributed by atoms with Crippen LogP contribution in [0, 0.1) is 5.92 Å². The summed E-state index contributed by atoms with van der Waals surface area (Å²) in [6.45, 7) is 0. The van der Waals surface area contributed by atoms with Crippen LogP contribution in [0.5, 0.6) is 0 Å². The molecule has 2 nitrogen and oxygen atoms in total. The molecule has 0 unspecified atom stereocenters. The zero-order valence-electron chi connectivity index (χ0n) is 3.60. The fourth-order valence-electron chi connectivity index (χ4n) is 0.420. The molecular weight excluding hydrogens is 160 g/mol. The molecule has 7 heavy (non-hydrogen) atoms. The van der Waals surface area contributed by atoms with E-state index in [9.17, 15) is 4.79 Å². The standard InChI is InChI=1S/C4H5BrO2/c5-3-1-2(3)4(6)7/h2-3H,1H2,(H,6,7)/t2-,3-/m1/s1. The minimum atomic E-state index is -0.679. The topological polar surface area (TPSA) is 37.3 Å². The van der Waals surface area contributed by atoms with Crippen LogP contribution in [0.15, 0.2) is 0 Å². The Bertz CT molecular complexity index is 102. The van der Waals surface area contributed by atoms with Crippen molar-refractivity contribution in [2.24, 2.45) is 5.92 Å². The number of rotatable bonds is 1. The largest absolute Gasteiger partial charge is 0.481 e. The highest BCUT2D eigenvalue weighted by molar-refractivity contribution is 9.09. The number of aliphatic carboxylic acids is 1. The van der Waals surface area contributed by atoms with Crippen molar-refractivity contribution in [1.82, 2.24) is 0 Å². The maximum absolute atomic E-state index is 9.94. The Balaban J connectivity index is 2.33. The first kappa shape index (κ1) is 5.09. The van der Waals surface area contributed by atoms with Crippen LogP contribution in [0.2, 0.25) is 0 Å². The maximum atomic E-state index is 9.94. The molecule has 3 heteroatoms. The van der Waals surface area contributed by atoms with Crippen LogP contribution in [-0.2, 0) is 4.79 Å². The van der Waals surface area contributed by atoms with Gasteiger partial charge in [0.15, 0.2) is 0 Å². The summed E-state index contributed by atoms with van der Waals surface area (Å²) < 4.78 is 0. The third-order valence-electron chi connectivity index (χ3n) is 1.03. The van der Waals surface area contributed by atoms with Gasteiger partial charge >= 0.3 is 5.97 Å². The van der Waals surface area contributed by atoms with E-state index in [1.165, 1.54) is 0 Å². The van der Waals surface area contributed by atoms with Crippen molar-refractivity contribution in [3.05, 3.63) is 0 Å². The van der Waals surface area contributed by atoms with E-state index in [0.717, 1.165) is 6.42 Å². The molecule has 0 aromatic carbocycles. The Morgan fingerprint density at radius 2 is 2.29 bits per heavy atom. The summed E-state index contributed by atoms with van der Waals surface area (Å²) in [4.78, 5) is 10.2. The fraction of sp³-hybridized carbons (Fsp3) is 0.750. The lowest BCUT2D eigenvalue weighted by Gasteiger charge is -1.78. The molecule has 0 saturated heterocycles. The van der Waals surface area contributed by atoms with E-state index in [1.54, 1.807) is 0 Å². The fourth-order valence-corrected chi connectivity index (χ4v) is 1.05. The maximum Gasteiger partial charge on any atom is 0.307 e. The number of carbonyl (C=O) groups is 1. The van der Waals surface area contributed by atoms with E-state index >= 15 is 0 Å². The first-order valence-corrected chi connectivity index (χ1v) is 3.00. The SMILES string of the molecule is O=C(O)[C@@H]1C[C@H]1Br. The van der Waals surface area contributed by atoms with Crippen LogP contribution < -0.4 is 0 Å². The van der Waals surface area contributed by atoms with E-state index in [-0.39, 0.29) is 10.7 Å². The van der Waals surface area contributed by atoms with Gasteiger partial charge in [-0.1, -0.05) is 15.9 Å². The highest BCUT2D eigenvalue weighted by Crippen LogP contribution is 2.37. The van der Waals surface area contributed by atoms with Gasteiger partial charge in [-0.2, -0.15) is 0 Å². The predicted molar refractivity (Wildman–Crippen MR) is 28.5 cm³/mol. The molecule has 0 amide bonds. The van der Waals surface area contributed by atoms with Crippen LogP contribution in [-0.4, -0.2) is 15.9 Å². The van der Waals surface area contributed by atoms with Gasteiger partial charge in [-0.3, -0.25) is 4.79 Å². The van der Waals surface area contributed by atoms with Gasteiger partial charge < -0.3 is 5.11 Å². The number of halogens is 1. The third-order valence-corrected chi connectivity index (χ3v) is 2.04. The minimum absolute atomic E-state index is 0.0972. The summed E-state index contributed by atoms with van der Waals surface area (Å²) >= 11 is 3.17. The second-order valence-corrected chi connectivity index (χ2v) is 2.87. The molecular formula is C4H5BrO2. The lowest BCUT2D eigenvalue weighted by Crippen LogP contribution is -1.97. The van der Waals surface area contributed by atoms with Crippen LogP contribution in [0.25, 0.3) is 0 Å². The van der Waals surface area contributed by atoms with E-state index in [0.29, 0.717) is 0 Å². The summed E-state index contributed by atoms with van der Waals surface area (Å²) in [5.74, 6) is -0.776. The summed E-state index contributed by atoms with van der Waals surface area (Å²) in [7, 11) is 0. The molecule has 1 aliphatic rings. The van der Waals surface area contributed by atoms with Gasteiger partial charge in [0.2, 0.25) is 0 Å². The molecule has 1 saturated carbocycles. The Morgan fingerprint density at radius 1 is 1.86 bits per heavy atom. The molecule has 0 spiro atoms. The Kier molecular flexibility index (Phi) is 1.07. The number of alkyl halides is 1. The van der Waals surface area contributed by atoms with Crippen LogP contribution in [0.1, 0.15) is 6.42 Å². The van der Waals surface area contributed by atoms with Crippen molar-refractivity contribution in [3.63, 3.8) is 0 Å². The van der Waals surface area contributed by atoms with E-state index in [2.05, 4.69) is 15.9 Å². The summed E-state index contributed by atoms with van der Waals surface area (Å²) in [5.41, 5.74) is 0. The summed E-state index contributed by atoms with van der Waals surface area (Å²) in [6, 6.07) is 0. The number of hydrogen-bond donors (Lipinski definition) is 1. The Morgan fingerprint density at radius 3 is 2.29 bits per heavy atom. The van der Waals surface area contributed by atoms with Crippen LogP contribution in [0.3, 0.4) is 0 Å². The molecule has 1 fully saturated rings. The van der Waals surface area contributed by atoms with Crippen molar-refractivity contribution in [3.8, 4) is 0 Å². The zero-order chi connectivity index (χ0) is 5.44. The average Bonchev–Trinajstić information content (AvgIpc) is 2.17. The van der Waals surface area contributed by atoms with Crippen molar-refractivity contribution in [2.75, 3.05) is 0 Å². The van der Waals surface area contributed by atoms with Crippen molar-refractivity contribution >= 4 is 21.9 Å². The van der Waals surface area contributed by atoms with Crippen molar-refractivity contribution in [2.45, 2.75) is 11.2 Å². The van der Waals surface area contributed by atoms with Gasteiger partial charge in [0, 0.05) is 4.83 Å². The van der Waals surface area contributed by atoms with Crippen LogP contribution in [0.4, 0.5) is 0 Å². The molecule has 2 atom stereocenters. The first-order chi connectivity index (χ1) is 3.22. The smallest absolute Gasteiger partial charge is 0.307 e. The van der Waals surface area contributed by atoms with E-state index in [4.69, 9.17) is 5.11 Å². The van der Waals surface area contributed by atoms with Gasteiger partial charge in [0.1, 0.15) is 0 Å². The molecule has 0 aromatic rings. The number of carboxylic acid groups (broad SMARTS) is 1. The lowest BCUT2D eigenvalue weighted by molar-refractivity contribution is -0.138. The first-order valence-electron chi connectivity index (χ1n) is 2.08. The van der Waals surface area contributed by atoms with Gasteiger partial charge in [-0.25, -0.2) is 0 Å². The van der Waals surface area contributed by atoms with Gasteiger partial charge in [-0.05, 0) is 6.42 Å². The van der Waals surface area contributed by atoms with Gasteiger partial charge in [-0.15, -0.1) is 0 Å². The molecule has 0 heterocycles. The number of hydrogen-bond acceptors (Lipinski definition) is 1. The second kappa shape index (κ2) is 1.47. The average molecular weight is 165 g/mol. The highest BCUT2D eigenvalue weighted by atomic mass is 79.9. The molecule has 1 N–H and O–H groups in total. The monoisotopic (exact) mass is 164 g/mol. The Hall–Kier alpha value is -0.0500. The highest BCUT2D eigenvalue weighted by Gasteiger charge is 2.40. The molecule has 1 aliphatic carbocycles.